The van der Waals surface area contributed by atoms with Gasteiger partial charge in [0.15, 0.2) is 10.6 Å². The highest BCUT2D eigenvalue weighted by molar-refractivity contribution is 7.98. The molecule has 0 saturated carbocycles. The van der Waals surface area contributed by atoms with E-state index in [1.165, 1.54) is 44.0 Å². The number of benzene rings is 6. The first-order valence-electron chi connectivity index (χ1n) is 16.3. The zero-order valence-corrected chi connectivity index (χ0v) is 31.3. The fourth-order valence-electron chi connectivity index (χ4n) is 5.69. The Balaban J connectivity index is 1.74. The summed E-state index contributed by atoms with van der Waals surface area (Å²) in [6.07, 6.45) is 0. The van der Waals surface area contributed by atoms with E-state index in [1.54, 1.807) is 0 Å². The zero-order chi connectivity index (χ0) is 33.9. The van der Waals surface area contributed by atoms with Gasteiger partial charge in [-0.05, 0) is 90.1 Å². The summed E-state index contributed by atoms with van der Waals surface area (Å²) in [7, 11) is -7.02. The molecule has 0 amide bonds. The smallest absolute Gasteiger partial charge is 0.292 e. The number of hydrogen-bond acceptors (Lipinski definition) is 2. The molecule has 0 aromatic heterocycles. The summed E-state index contributed by atoms with van der Waals surface area (Å²) in [5.41, 5.74) is 7.21. The molecule has 0 heterocycles. The molecule has 3 nitrogen and oxygen atoms in total. The van der Waals surface area contributed by atoms with Gasteiger partial charge in [0.1, 0.15) is 17.8 Å². The standard InChI is InChI=1S/C42H44N3P3/c1-31-7-19-37(20-8-31)46(38-21-9-32(2)10-22-38)44-48(41-27-15-35(5)16-28-41,42-29-17-36(6)18-30-42)45-47(43,39-23-11-33(3)12-24-39)40-25-13-34(4)14-26-40/h7-30H,1-6H3,(H2,43,45)/q+2. The largest absolute Gasteiger partial charge is 0.324 e. The molecule has 0 aliphatic rings. The van der Waals surface area contributed by atoms with Crippen molar-refractivity contribution < 1.29 is 0 Å². The van der Waals surface area contributed by atoms with Crippen molar-refractivity contribution in [3.8, 4) is 0 Å². The van der Waals surface area contributed by atoms with Crippen molar-refractivity contribution in [2.24, 2.45) is 4.52 Å². The highest BCUT2D eigenvalue weighted by Crippen LogP contribution is 2.65. The van der Waals surface area contributed by atoms with E-state index >= 15 is 0 Å². The predicted octanol–water partition coefficient (Wildman–Crippen LogP) is 9.59. The van der Waals surface area contributed by atoms with E-state index in [4.69, 9.17) is 4.52 Å². The van der Waals surface area contributed by atoms with Gasteiger partial charge in [-0.15, -0.1) is 4.86 Å². The van der Waals surface area contributed by atoms with Gasteiger partial charge < -0.3 is 0 Å². The van der Waals surface area contributed by atoms with Gasteiger partial charge in [0.05, 0.1) is 4.52 Å². The molecule has 6 rings (SSSR count). The van der Waals surface area contributed by atoms with Crippen LogP contribution in [0.3, 0.4) is 0 Å². The summed E-state index contributed by atoms with van der Waals surface area (Å²) in [4.78, 5) is 4.22. The first-order valence-corrected chi connectivity index (χ1v) is 21.2. The maximum absolute atomic E-state index is 10.7. The molecule has 2 N–H and O–H groups in total. The Morgan fingerprint density at radius 1 is 0.438 bits per heavy atom. The van der Waals surface area contributed by atoms with E-state index in [0.717, 1.165) is 21.2 Å². The van der Waals surface area contributed by atoms with Crippen molar-refractivity contribution >= 4 is 54.3 Å². The van der Waals surface area contributed by atoms with Gasteiger partial charge in [-0.1, -0.05) is 130 Å². The van der Waals surface area contributed by atoms with Crippen LogP contribution in [0.2, 0.25) is 0 Å². The summed E-state index contributed by atoms with van der Waals surface area (Å²) in [6.45, 7) is 12.7. The number of nitrogens with zero attached hydrogens (tertiary/aromatic N) is 1. The minimum atomic E-state index is -2.98. The maximum atomic E-state index is 10.7. The van der Waals surface area contributed by atoms with Crippen molar-refractivity contribution in [3.63, 3.8) is 0 Å². The second-order valence-electron chi connectivity index (χ2n) is 12.8. The molecule has 6 aromatic rings. The lowest BCUT2D eigenvalue weighted by Crippen LogP contribution is -2.36. The Morgan fingerprint density at radius 3 is 1.02 bits per heavy atom. The fraction of sp³-hybridized carbons (Fsp3) is 0.143. The first kappa shape index (κ1) is 33.9. The number of hydrogen-bond donors (Lipinski definition) is 2. The minimum Gasteiger partial charge on any atom is -0.292 e. The summed E-state index contributed by atoms with van der Waals surface area (Å²) >= 11 is 0. The Morgan fingerprint density at radius 2 is 0.708 bits per heavy atom. The Kier molecular flexibility index (Phi) is 10.1. The van der Waals surface area contributed by atoms with E-state index < -0.39 is 22.5 Å². The first-order chi connectivity index (χ1) is 23.1. The average molecular weight is 684 g/mol. The van der Waals surface area contributed by atoms with Crippen LogP contribution in [-0.4, -0.2) is 0 Å². The van der Waals surface area contributed by atoms with Crippen molar-refractivity contribution in [1.82, 2.24) is 4.86 Å². The number of nitrogens with one attached hydrogen (secondary N) is 2. The number of rotatable bonds is 9. The van der Waals surface area contributed by atoms with Crippen LogP contribution in [0.15, 0.2) is 150 Å². The molecule has 0 radical (unpaired) electrons. The molecule has 0 fully saturated rings. The lowest BCUT2D eigenvalue weighted by molar-refractivity contribution is 1.42. The van der Waals surface area contributed by atoms with E-state index in [0.29, 0.717) is 0 Å². The average Bonchev–Trinajstić information content (AvgIpc) is 3.09. The molecule has 6 heteroatoms. The van der Waals surface area contributed by atoms with Crippen molar-refractivity contribution in [3.05, 3.63) is 179 Å². The van der Waals surface area contributed by atoms with Crippen molar-refractivity contribution in [2.45, 2.75) is 41.5 Å². The highest BCUT2D eigenvalue weighted by Gasteiger charge is 2.54. The molecule has 0 saturated heterocycles. The Hall–Kier alpha value is -3.96. The molecule has 0 aliphatic heterocycles. The van der Waals surface area contributed by atoms with Crippen molar-refractivity contribution in [1.29, 1.82) is 5.16 Å². The molecule has 0 bridgehead atoms. The summed E-state index contributed by atoms with van der Waals surface area (Å²) in [6, 6.07) is 52.6. The van der Waals surface area contributed by atoms with Crippen LogP contribution in [0, 0.1) is 46.7 Å². The molecule has 0 unspecified atom stereocenters. The highest BCUT2D eigenvalue weighted by atomic mass is 31.2. The van der Waals surface area contributed by atoms with Gasteiger partial charge in [0.2, 0.25) is 0 Å². The van der Waals surface area contributed by atoms with Gasteiger partial charge in [-0.2, -0.15) is 0 Å². The van der Waals surface area contributed by atoms with E-state index in [1.807, 2.05) is 0 Å². The lowest BCUT2D eigenvalue weighted by Gasteiger charge is -2.29. The number of aryl methyl sites for hydroxylation is 6. The molecule has 0 atom stereocenters. The summed E-state index contributed by atoms with van der Waals surface area (Å²) < 4.78 is 6.15. The molecule has 6 aromatic carbocycles. The van der Waals surface area contributed by atoms with Crippen LogP contribution < -0.4 is 36.7 Å². The summed E-state index contributed by atoms with van der Waals surface area (Å²) in [5.74, 6) is 0. The molecule has 0 aliphatic carbocycles. The van der Waals surface area contributed by atoms with E-state index in [2.05, 4.69) is 192 Å². The normalized spacial score (nSPS) is 11.7. The third kappa shape index (κ3) is 7.22. The van der Waals surface area contributed by atoms with Crippen LogP contribution in [0.1, 0.15) is 33.4 Å². The fourth-order valence-corrected chi connectivity index (χ4v) is 16.6. The van der Waals surface area contributed by atoms with Crippen LogP contribution in [0.4, 0.5) is 0 Å². The van der Waals surface area contributed by atoms with E-state index in [-0.39, 0.29) is 0 Å². The van der Waals surface area contributed by atoms with Crippen molar-refractivity contribution in [2.75, 3.05) is 0 Å². The van der Waals surface area contributed by atoms with Crippen LogP contribution in [0.25, 0.3) is 0 Å². The summed E-state index contributed by atoms with van der Waals surface area (Å²) in [5, 5.41) is 17.3. The monoisotopic (exact) mass is 683 g/mol. The third-order valence-corrected chi connectivity index (χ3v) is 18.7. The quantitative estimate of drug-likeness (QED) is 0.147. The lowest BCUT2D eigenvalue weighted by atomic mass is 10.2. The Labute approximate surface area is 288 Å². The minimum absolute atomic E-state index is 0.991. The predicted molar refractivity (Wildman–Crippen MR) is 214 cm³/mol. The van der Waals surface area contributed by atoms with Gasteiger partial charge in [-0.3, -0.25) is 5.16 Å². The second kappa shape index (κ2) is 14.3. The molecular formula is C42H44N3P3+2. The van der Waals surface area contributed by atoms with Crippen LogP contribution >= 0.6 is 22.5 Å². The van der Waals surface area contributed by atoms with E-state index in [9.17, 15) is 5.16 Å². The Bertz CT molecular complexity index is 1940. The maximum Gasteiger partial charge on any atom is 0.324 e. The van der Waals surface area contributed by atoms with Gasteiger partial charge in [0.25, 0.3) is 0 Å². The third-order valence-electron chi connectivity index (χ3n) is 8.73. The van der Waals surface area contributed by atoms with Gasteiger partial charge >= 0.3 is 15.3 Å². The molecule has 48 heavy (non-hydrogen) atoms. The second-order valence-corrected chi connectivity index (χ2v) is 20.7. The molecule has 240 valence electrons. The zero-order valence-electron chi connectivity index (χ0n) is 28.6. The topological polar surface area (TPSA) is 48.2 Å². The van der Waals surface area contributed by atoms with Gasteiger partial charge in [-0.25, -0.2) is 0 Å². The SMILES string of the molecule is Cc1ccc([P+](=N[P+](NP(=N)(c2ccc(C)cc2)c2ccc(C)cc2)(c2ccc(C)cc2)c2ccc(C)cc2)c2ccc(C)cc2)cc1. The van der Waals surface area contributed by atoms with Gasteiger partial charge in [0, 0.05) is 10.6 Å². The molecule has 0 spiro atoms. The molecular weight excluding hydrogens is 639 g/mol. The van der Waals surface area contributed by atoms with Crippen LogP contribution in [0.5, 0.6) is 0 Å². The van der Waals surface area contributed by atoms with Crippen LogP contribution in [-0.2, 0) is 0 Å².